The van der Waals surface area contributed by atoms with Crippen molar-refractivity contribution in [1.82, 2.24) is 0 Å². The van der Waals surface area contributed by atoms with Gasteiger partial charge in [-0.3, -0.25) is 0 Å². The van der Waals surface area contributed by atoms with Gasteiger partial charge in [-0.15, -0.1) is 0 Å². The average Bonchev–Trinajstić information content (AvgIpc) is 1.21. The zero-order valence-corrected chi connectivity index (χ0v) is 6.89. The number of carbonyl (C=O) groups is 1. The summed E-state index contributed by atoms with van der Waals surface area (Å²) in [7, 11) is 0. The van der Waals surface area contributed by atoms with Gasteiger partial charge in [-0.25, -0.2) is 4.79 Å². The molecule has 0 bridgehead atoms. The summed E-state index contributed by atoms with van der Waals surface area (Å²) in [6.07, 6.45) is -0.725. The van der Waals surface area contributed by atoms with Gasteiger partial charge in [-0.1, -0.05) is 0 Å². The van der Waals surface area contributed by atoms with Crippen LogP contribution in [0.4, 0.5) is 4.79 Å². The fraction of sp³-hybridized carbons (Fsp3) is 0.800. The van der Waals surface area contributed by atoms with Crippen LogP contribution in [-0.2, 0) is 4.74 Å². The van der Waals surface area contributed by atoms with Gasteiger partial charge < -0.3 is 10.5 Å². The molecule has 0 saturated heterocycles. The van der Waals surface area contributed by atoms with Gasteiger partial charge >= 0.3 is 6.09 Å². The fourth-order valence-corrected chi connectivity index (χ4v) is 0.302. The Morgan fingerprint density at radius 1 is 1.56 bits per heavy atom. The molecular weight excluding hydrogens is 138 g/mol. The van der Waals surface area contributed by atoms with Gasteiger partial charge in [0, 0.05) is 1.43 Å². The number of amides is 1. The summed E-state index contributed by atoms with van der Waals surface area (Å²) in [6.45, 7) is 5.28. The molecule has 0 aromatic carbocycles. The molecule has 1 amide bonds. The summed E-state index contributed by atoms with van der Waals surface area (Å²) in [6, 6.07) is 0. The minimum Gasteiger partial charge on any atom is -0.444 e. The van der Waals surface area contributed by atoms with E-state index in [2.05, 4.69) is 4.74 Å². The fourth-order valence-electron chi connectivity index (χ4n) is 0.302. The van der Waals surface area contributed by atoms with Crippen LogP contribution in [0.15, 0.2) is 0 Å². The highest BCUT2D eigenvalue weighted by atomic mass is 32.1. The van der Waals surface area contributed by atoms with Gasteiger partial charge in [0.2, 0.25) is 0 Å². The summed E-state index contributed by atoms with van der Waals surface area (Å²) in [5.74, 6) is 0. The van der Waals surface area contributed by atoms with Crippen molar-refractivity contribution in [2.24, 2.45) is 5.73 Å². The first-order valence-corrected chi connectivity index (χ1v) is 2.40. The van der Waals surface area contributed by atoms with Crippen molar-refractivity contribution in [3.63, 3.8) is 0 Å². The maximum atomic E-state index is 10.0. The summed E-state index contributed by atoms with van der Waals surface area (Å²) in [5, 5.41) is 0. The number of hydrogen-bond acceptors (Lipinski definition) is 2. The monoisotopic (exact) mass is 153 g/mol. The first-order valence-electron chi connectivity index (χ1n) is 2.40. The number of carbonyl (C=O) groups excluding carboxylic acids is 1. The first kappa shape index (κ1) is 11.4. The molecule has 0 radical (unpaired) electrons. The van der Waals surface area contributed by atoms with Crippen LogP contribution in [0, 0.1) is 0 Å². The quantitative estimate of drug-likeness (QED) is 0.569. The van der Waals surface area contributed by atoms with Crippen LogP contribution >= 0.6 is 13.5 Å². The number of hydrogen-bond donors (Lipinski definition) is 1. The lowest BCUT2D eigenvalue weighted by Gasteiger charge is -2.16. The predicted molar refractivity (Wildman–Crippen MR) is 42.9 cm³/mol. The van der Waals surface area contributed by atoms with Crippen LogP contribution in [0.1, 0.15) is 22.2 Å². The van der Waals surface area contributed by atoms with Gasteiger partial charge in [-0.2, -0.15) is 13.5 Å². The van der Waals surface area contributed by atoms with E-state index < -0.39 is 11.7 Å². The van der Waals surface area contributed by atoms with Crippen molar-refractivity contribution in [2.75, 3.05) is 0 Å². The third-order valence-corrected chi connectivity index (χ3v) is 0.407. The minimum atomic E-state index is -0.725. The summed E-state index contributed by atoms with van der Waals surface area (Å²) >= 11 is 0. The van der Waals surface area contributed by atoms with Gasteiger partial charge in [-0.05, 0) is 20.8 Å². The lowest BCUT2D eigenvalue weighted by molar-refractivity contribution is 0.0600. The van der Waals surface area contributed by atoms with Gasteiger partial charge in [0.25, 0.3) is 0 Å². The van der Waals surface area contributed by atoms with Crippen molar-refractivity contribution in [2.45, 2.75) is 26.4 Å². The molecule has 0 heterocycles. The van der Waals surface area contributed by atoms with Gasteiger partial charge in [0.15, 0.2) is 0 Å². The van der Waals surface area contributed by atoms with Crippen LogP contribution in [0.25, 0.3) is 0 Å². The van der Waals surface area contributed by atoms with Gasteiger partial charge in [0.1, 0.15) is 5.60 Å². The molecule has 0 saturated carbocycles. The molecule has 0 fully saturated rings. The van der Waals surface area contributed by atoms with Gasteiger partial charge in [0.05, 0.1) is 0 Å². The Bertz CT molecular complexity index is 102. The van der Waals surface area contributed by atoms with Crippen molar-refractivity contribution < 1.29 is 11.0 Å². The predicted octanol–water partition coefficient (Wildman–Crippen LogP) is 1.24. The smallest absolute Gasteiger partial charge is 0.405 e. The van der Waals surface area contributed by atoms with E-state index in [1.165, 1.54) is 0 Å². The SMILES string of the molecule is CC(C)(C)OC(N)=O.S.[HH]. The number of primary amides is 1. The highest BCUT2D eigenvalue weighted by Crippen LogP contribution is 2.04. The van der Waals surface area contributed by atoms with Crippen LogP contribution in [0.3, 0.4) is 0 Å². The average molecular weight is 153 g/mol. The van der Waals surface area contributed by atoms with E-state index in [9.17, 15) is 4.79 Å². The number of nitrogens with two attached hydrogens (primary N) is 1. The van der Waals surface area contributed by atoms with Crippen LogP contribution in [0.2, 0.25) is 0 Å². The molecule has 0 atom stereocenters. The van der Waals surface area contributed by atoms with E-state index in [0.29, 0.717) is 0 Å². The molecule has 0 aliphatic rings. The molecule has 0 aliphatic heterocycles. The number of rotatable bonds is 0. The van der Waals surface area contributed by atoms with E-state index in [4.69, 9.17) is 5.73 Å². The lowest BCUT2D eigenvalue weighted by atomic mass is 10.2. The highest BCUT2D eigenvalue weighted by Gasteiger charge is 2.12. The Hall–Kier alpha value is -0.380. The van der Waals surface area contributed by atoms with E-state index in [1.807, 2.05) is 0 Å². The van der Waals surface area contributed by atoms with Crippen LogP contribution in [-0.4, -0.2) is 11.7 Å². The van der Waals surface area contributed by atoms with E-state index >= 15 is 0 Å². The van der Waals surface area contributed by atoms with E-state index in [0.717, 1.165) is 0 Å². The van der Waals surface area contributed by atoms with Crippen molar-refractivity contribution in [3.8, 4) is 0 Å². The molecule has 3 nitrogen and oxygen atoms in total. The second-order valence-corrected chi connectivity index (χ2v) is 2.53. The molecule has 4 heteroatoms. The van der Waals surface area contributed by atoms with E-state index in [-0.39, 0.29) is 14.9 Å². The molecule has 9 heavy (non-hydrogen) atoms. The normalized spacial score (nSPS) is 9.67. The lowest BCUT2D eigenvalue weighted by Crippen LogP contribution is -2.27. The maximum absolute atomic E-state index is 10.0. The second kappa shape index (κ2) is 3.61. The zero-order valence-electron chi connectivity index (χ0n) is 5.89. The highest BCUT2D eigenvalue weighted by molar-refractivity contribution is 7.59. The number of ether oxygens (including phenoxy) is 1. The Kier molecular flexibility index (Phi) is 4.58. The third-order valence-electron chi connectivity index (χ3n) is 0.407. The summed E-state index contributed by atoms with van der Waals surface area (Å²) in [5.41, 5.74) is 4.26. The van der Waals surface area contributed by atoms with Crippen LogP contribution in [0.5, 0.6) is 0 Å². The van der Waals surface area contributed by atoms with E-state index in [1.54, 1.807) is 20.8 Å². The van der Waals surface area contributed by atoms with Crippen molar-refractivity contribution >= 4 is 19.6 Å². The summed E-state index contributed by atoms with van der Waals surface area (Å²) in [4.78, 5) is 10.0. The molecule has 0 aromatic rings. The molecule has 0 aliphatic carbocycles. The van der Waals surface area contributed by atoms with Crippen LogP contribution < -0.4 is 5.73 Å². The van der Waals surface area contributed by atoms with Crippen molar-refractivity contribution in [3.05, 3.63) is 0 Å². The second-order valence-electron chi connectivity index (χ2n) is 2.53. The molecule has 58 valence electrons. The van der Waals surface area contributed by atoms with Crippen molar-refractivity contribution in [1.29, 1.82) is 0 Å². The Morgan fingerprint density at radius 2 is 1.89 bits per heavy atom. The Balaban J connectivity index is -0.000000245. The Labute approximate surface area is 63.5 Å². The molecular formula is C5H15NO2S. The molecule has 0 spiro atoms. The maximum Gasteiger partial charge on any atom is 0.405 e. The molecule has 0 unspecified atom stereocenters. The topological polar surface area (TPSA) is 52.3 Å². The standard InChI is InChI=1S/C5H11NO2.H2S.H2/c1-5(2,3)8-4(6)7;;/h1-3H3,(H2,6,7);1H2;1H. The third kappa shape index (κ3) is 11.3. The summed E-state index contributed by atoms with van der Waals surface area (Å²) < 4.78 is 4.58. The molecule has 2 N–H and O–H groups in total. The molecule has 0 aromatic heterocycles. The Morgan fingerprint density at radius 3 is 1.89 bits per heavy atom. The largest absolute Gasteiger partial charge is 0.444 e. The minimum absolute atomic E-state index is 0. The first-order chi connectivity index (χ1) is 3.42. The zero-order chi connectivity index (χ0) is 6.78. The molecule has 0 rings (SSSR count).